The van der Waals surface area contributed by atoms with Crippen LogP contribution in [0.1, 0.15) is 35.5 Å². The number of carbonyl (C=O) groups is 2. The van der Waals surface area contributed by atoms with E-state index in [1.165, 1.54) is 23.5 Å². The van der Waals surface area contributed by atoms with E-state index >= 15 is 0 Å². The summed E-state index contributed by atoms with van der Waals surface area (Å²) in [6.45, 7) is 5.34. The van der Waals surface area contributed by atoms with Crippen LogP contribution in [0, 0.1) is 18.2 Å². The van der Waals surface area contributed by atoms with Gasteiger partial charge in [0, 0.05) is 11.2 Å². The highest BCUT2D eigenvalue weighted by Gasteiger charge is 2.27. The number of thiophene rings is 1. The van der Waals surface area contributed by atoms with Crippen molar-refractivity contribution < 1.29 is 19.1 Å². The summed E-state index contributed by atoms with van der Waals surface area (Å²) in [7, 11) is 0. The van der Waals surface area contributed by atoms with Crippen molar-refractivity contribution in [2.45, 2.75) is 27.2 Å². The minimum atomic E-state index is -0.893. The van der Waals surface area contributed by atoms with Crippen LogP contribution in [-0.2, 0) is 4.79 Å². The SMILES string of the molecule is Cc1c(C(=O)NCCC(C)(C)C(=O)O)sc2cc(F)ccc12. The molecule has 0 fully saturated rings. The van der Waals surface area contributed by atoms with Gasteiger partial charge in [0.05, 0.1) is 10.3 Å². The molecule has 1 heterocycles. The molecule has 2 rings (SSSR count). The predicted molar refractivity (Wildman–Crippen MR) is 84.9 cm³/mol. The van der Waals surface area contributed by atoms with E-state index in [0.29, 0.717) is 11.3 Å². The number of aliphatic carboxylic acids is 1. The molecule has 1 aromatic heterocycles. The van der Waals surface area contributed by atoms with Gasteiger partial charge < -0.3 is 10.4 Å². The smallest absolute Gasteiger partial charge is 0.309 e. The first-order valence-electron chi connectivity index (χ1n) is 6.92. The van der Waals surface area contributed by atoms with Crippen molar-refractivity contribution in [1.82, 2.24) is 5.32 Å². The van der Waals surface area contributed by atoms with E-state index in [2.05, 4.69) is 5.32 Å². The van der Waals surface area contributed by atoms with Gasteiger partial charge in [0.2, 0.25) is 0 Å². The van der Waals surface area contributed by atoms with Gasteiger partial charge in [-0.05, 0) is 50.3 Å². The Balaban J connectivity index is 2.10. The van der Waals surface area contributed by atoms with Crippen LogP contribution in [0.25, 0.3) is 10.1 Å². The second-order valence-corrected chi connectivity index (χ2v) is 6.94. The average molecular weight is 323 g/mol. The topological polar surface area (TPSA) is 66.4 Å². The maximum absolute atomic E-state index is 13.2. The Morgan fingerprint density at radius 2 is 2.05 bits per heavy atom. The number of benzene rings is 1. The van der Waals surface area contributed by atoms with Gasteiger partial charge in [-0.1, -0.05) is 6.07 Å². The lowest BCUT2D eigenvalue weighted by Crippen LogP contribution is -2.31. The van der Waals surface area contributed by atoms with Crippen molar-refractivity contribution in [3.8, 4) is 0 Å². The molecule has 2 N–H and O–H groups in total. The summed E-state index contributed by atoms with van der Waals surface area (Å²) in [5, 5.41) is 12.6. The second kappa shape index (κ2) is 6.04. The fourth-order valence-corrected chi connectivity index (χ4v) is 3.24. The summed E-state index contributed by atoms with van der Waals surface area (Å²) in [5.74, 6) is -1.47. The summed E-state index contributed by atoms with van der Waals surface area (Å²) in [5.41, 5.74) is -0.0685. The number of carbonyl (C=O) groups excluding carboxylic acids is 1. The van der Waals surface area contributed by atoms with Gasteiger partial charge in [0.15, 0.2) is 0 Å². The van der Waals surface area contributed by atoms with Crippen molar-refractivity contribution in [2.75, 3.05) is 6.54 Å². The predicted octanol–water partition coefficient (Wildman–Crippen LogP) is 3.58. The van der Waals surface area contributed by atoms with E-state index in [4.69, 9.17) is 5.11 Å². The third-order valence-corrected chi connectivity index (χ3v) is 4.97. The first-order chi connectivity index (χ1) is 10.2. The highest BCUT2D eigenvalue weighted by molar-refractivity contribution is 7.21. The van der Waals surface area contributed by atoms with Crippen LogP contribution in [-0.4, -0.2) is 23.5 Å². The molecule has 22 heavy (non-hydrogen) atoms. The number of halogens is 1. The van der Waals surface area contributed by atoms with Crippen molar-refractivity contribution in [3.63, 3.8) is 0 Å². The van der Waals surface area contributed by atoms with Crippen LogP contribution < -0.4 is 5.32 Å². The molecule has 0 aliphatic heterocycles. The zero-order chi connectivity index (χ0) is 16.5. The number of carboxylic acids is 1. The maximum Gasteiger partial charge on any atom is 0.309 e. The van der Waals surface area contributed by atoms with Gasteiger partial charge in [0.1, 0.15) is 5.82 Å². The molecule has 6 heteroatoms. The monoisotopic (exact) mass is 323 g/mol. The van der Waals surface area contributed by atoms with Crippen molar-refractivity contribution in [3.05, 3.63) is 34.5 Å². The Bertz CT molecular complexity index is 736. The molecular formula is C16H18FNO3S. The van der Waals surface area contributed by atoms with Gasteiger partial charge in [-0.3, -0.25) is 9.59 Å². The number of fused-ring (bicyclic) bond motifs is 1. The molecule has 2 aromatic rings. The first kappa shape index (κ1) is 16.4. The third-order valence-electron chi connectivity index (χ3n) is 3.72. The Morgan fingerprint density at radius 1 is 1.36 bits per heavy atom. The van der Waals surface area contributed by atoms with E-state index in [1.807, 2.05) is 6.92 Å². The van der Waals surface area contributed by atoms with E-state index in [1.54, 1.807) is 19.9 Å². The van der Waals surface area contributed by atoms with Crippen molar-refractivity contribution in [1.29, 1.82) is 0 Å². The Morgan fingerprint density at radius 3 is 2.68 bits per heavy atom. The fourth-order valence-electron chi connectivity index (χ4n) is 2.09. The van der Waals surface area contributed by atoms with Gasteiger partial charge in [-0.2, -0.15) is 0 Å². The third kappa shape index (κ3) is 3.27. The van der Waals surface area contributed by atoms with E-state index in [9.17, 15) is 14.0 Å². The van der Waals surface area contributed by atoms with Crippen LogP contribution in [0.3, 0.4) is 0 Å². The Labute approximate surface area is 132 Å². The number of amides is 1. The molecule has 1 amide bonds. The lowest BCUT2D eigenvalue weighted by molar-refractivity contribution is -0.147. The molecule has 4 nitrogen and oxygen atoms in total. The molecule has 0 atom stereocenters. The number of hydrogen-bond acceptors (Lipinski definition) is 3. The van der Waals surface area contributed by atoms with Crippen LogP contribution >= 0.6 is 11.3 Å². The molecule has 0 radical (unpaired) electrons. The van der Waals surface area contributed by atoms with Crippen molar-refractivity contribution >= 4 is 33.3 Å². The minimum Gasteiger partial charge on any atom is -0.481 e. The summed E-state index contributed by atoms with van der Waals surface area (Å²) in [6.07, 6.45) is 0.340. The largest absolute Gasteiger partial charge is 0.481 e. The molecule has 0 bridgehead atoms. The van der Waals surface area contributed by atoms with Crippen LogP contribution in [0.4, 0.5) is 4.39 Å². The standard InChI is InChI=1S/C16H18FNO3S/c1-9-11-5-4-10(17)8-12(11)22-13(9)14(19)18-7-6-16(2,3)15(20)21/h4-5,8H,6-7H2,1-3H3,(H,18,19)(H,20,21). The molecule has 0 spiro atoms. The lowest BCUT2D eigenvalue weighted by Gasteiger charge is -2.18. The summed E-state index contributed by atoms with van der Waals surface area (Å²) in [6, 6.07) is 4.46. The van der Waals surface area contributed by atoms with E-state index in [0.717, 1.165) is 15.6 Å². The molecule has 0 aliphatic carbocycles. The molecule has 118 valence electrons. The second-order valence-electron chi connectivity index (χ2n) is 5.89. The quantitative estimate of drug-likeness (QED) is 0.884. The zero-order valence-electron chi connectivity index (χ0n) is 12.7. The lowest BCUT2D eigenvalue weighted by atomic mass is 9.90. The number of nitrogens with one attached hydrogen (secondary N) is 1. The molecule has 0 saturated carbocycles. The zero-order valence-corrected chi connectivity index (χ0v) is 13.5. The van der Waals surface area contributed by atoms with E-state index < -0.39 is 11.4 Å². The van der Waals surface area contributed by atoms with Gasteiger partial charge >= 0.3 is 5.97 Å². The van der Waals surface area contributed by atoms with Crippen LogP contribution in [0.15, 0.2) is 18.2 Å². The molecule has 0 unspecified atom stereocenters. The summed E-state index contributed by atoms with van der Waals surface area (Å²) < 4.78 is 14.0. The van der Waals surface area contributed by atoms with Crippen molar-refractivity contribution in [2.24, 2.45) is 5.41 Å². The minimum absolute atomic E-state index is 0.250. The van der Waals surface area contributed by atoms with E-state index in [-0.39, 0.29) is 18.3 Å². The average Bonchev–Trinajstić information content (AvgIpc) is 2.75. The highest BCUT2D eigenvalue weighted by Crippen LogP contribution is 2.31. The Kier molecular flexibility index (Phi) is 4.51. The van der Waals surface area contributed by atoms with Gasteiger partial charge in [0.25, 0.3) is 5.91 Å². The summed E-state index contributed by atoms with van der Waals surface area (Å²) >= 11 is 1.24. The normalized spacial score (nSPS) is 11.6. The summed E-state index contributed by atoms with van der Waals surface area (Å²) in [4.78, 5) is 23.8. The van der Waals surface area contributed by atoms with Gasteiger partial charge in [-0.25, -0.2) is 4.39 Å². The fraction of sp³-hybridized carbons (Fsp3) is 0.375. The van der Waals surface area contributed by atoms with Crippen LogP contribution in [0.5, 0.6) is 0 Å². The number of aryl methyl sites for hydroxylation is 1. The molecule has 1 aromatic carbocycles. The first-order valence-corrected chi connectivity index (χ1v) is 7.74. The number of rotatable bonds is 5. The van der Waals surface area contributed by atoms with Gasteiger partial charge in [-0.15, -0.1) is 11.3 Å². The number of carboxylic acid groups (broad SMARTS) is 1. The number of hydrogen-bond donors (Lipinski definition) is 2. The van der Waals surface area contributed by atoms with Crippen LogP contribution in [0.2, 0.25) is 0 Å². The Hall–Kier alpha value is -1.95. The molecule has 0 aliphatic rings. The molecular weight excluding hydrogens is 305 g/mol. The maximum atomic E-state index is 13.2. The highest BCUT2D eigenvalue weighted by atomic mass is 32.1. The molecule has 0 saturated heterocycles.